The molecule has 1 N–H and O–H groups in total. The van der Waals surface area contributed by atoms with E-state index in [-0.39, 0.29) is 5.56 Å². The van der Waals surface area contributed by atoms with Gasteiger partial charge < -0.3 is 0 Å². The fourth-order valence-corrected chi connectivity index (χ4v) is 3.33. The zero-order valence-electron chi connectivity index (χ0n) is 15.1. The largest absolute Gasteiger partial charge is 0.272 e. The third-order valence-electron chi connectivity index (χ3n) is 4.36. The molecule has 4 aromatic rings. The number of pyridine rings is 1. The number of rotatable bonds is 4. The van der Waals surface area contributed by atoms with Gasteiger partial charge in [-0.25, -0.2) is 14.8 Å². The van der Waals surface area contributed by atoms with Gasteiger partial charge in [-0.3, -0.25) is 4.79 Å². The van der Waals surface area contributed by atoms with Gasteiger partial charge in [-0.2, -0.15) is 5.10 Å². The summed E-state index contributed by atoms with van der Waals surface area (Å²) in [4.78, 5) is 17.5. The van der Waals surface area contributed by atoms with Crippen LogP contribution in [0.2, 0.25) is 0 Å². The Kier molecular flexibility index (Phi) is 5.44. The first-order valence-corrected chi connectivity index (χ1v) is 9.65. The topological polar surface area (TPSA) is 54.4 Å². The van der Waals surface area contributed by atoms with Crippen LogP contribution in [0.4, 0.5) is 4.39 Å². The number of nitrogens with zero attached hydrogens (tertiary/aromatic N) is 2. The molecule has 0 aliphatic carbocycles. The Morgan fingerprint density at radius 1 is 1.00 bits per heavy atom. The van der Waals surface area contributed by atoms with Crippen LogP contribution in [0, 0.1) is 5.82 Å². The molecule has 0 fully saturated rings. The molecule has 0 saturated heterocycles. The molecule has 0 radical (unpaired) electrons. The Morgan fingerprint density at radius 2 is 1.76 bits per heavy atom. The van der Waals surface area contributed by atoms with Crippen molar-refractivity contribution in [2.24, 2.45) is 5.10 Å². The van der Waals surface area contributed by atoms with E-state index >= 15 is 0 Å². The Labute approximate surface area is 175 Å². The van der Waals surface area contributed by atoms with E-state index in [1.807, 2.05) is 54.6 Å². The second kappa shape index (κ2) is 8.32. The van der Waals surface area contributed by atoms with Crippen molar-refractivity contribution in [1.82, 2.24) is 10.4 Å². The number of para-hydroxylation sites is 1. The number of benzene rings is 3. The maximum Gasteiger partial charge on any atom is 0.272 e. The van der Waals surface area contributed by atoms with Crippen LogP contribution in [-0.2, 0) is 0 Å². The number of carbonyl (C=O) groups excluding carboxylic acids is 1. The summed E-state index contributed by atoms with van der Waals surface area (Å²) in [5, 5.41) is 4.64. The Morgan fingerprint density at radius 3 is 2.59 bits per heavy atom. The Balaban J connectivity index is 1.68. The molecule has 0 saturated carbocycles. The van der Waals surface area contributed by atoms with Crippen molar-refractivity contribution in [1.29, 1.82) is 0 Å². The van der Waals surface area contributed by atoms with Crippen LogP contribution in [0.1, 0.15) is 15.9 Å². The van der Waals surface area contributed by atoms with E-state index in [1.54, 1.807) is 18.2 Å². The second-order valence-corrected chi connectivity index (χ2v) is 7.22. The molecule has 29 heavy (non-hydrogen) atoms. The van der Waals surface area contributed by atoms with E-state index in [2.05, 4.69) is 31.4 Å². The third-order valence-corrected chi connectivity index (χ3v) is 4.85. The average molecular weight is 448 g/mol. The number of halogens is 2. The number of hydrogen-bond acceptors (Lipinski definition) is 3. The number of nitrogens with one attached hydrogen (secondary N) is 1. The first kappa shape index (κ1) is 19.0. The predicted molar refractivity (Wildman–Crippen MR) is 116 cm³/mol. The third kappa shape index (κ3) is 4.22. The highest BCUT2D eigenvalue weighted by atomic mass is 79.9. The standard InChI is InChI=1S/C23H15BrFN3O/c24-17-10-11-20(25)16(12-17)14-26-28-23(29)19-13-22(15-6-2-1-3-7-15)27-21-9-5-4-8-18(19)21/h1-14H,(H,28,29)/b26-14-. The van der Waals surface area contributed by atoms with Crippen LogP contribution in [-0.4, -0.2) is 17.1 Å². The average Bonchev–Trinajstić information content (AvgIpc) is 2.76. The molecule has 4 rings (SSSR count). The van der Waals surface area contributed by atoms with Gasteiger partial charge in [-0.1, -0.05) is 64.5 Å². The lowest BCUT2D eigenvalue weighted by Crippen LogP contribution is -2.18. The maximum absolute atomic E-state index is 13.8. The lowest BCUT2D eigenvalue weighted by Gasteiger charge is -2.09. The first-order valence-electron chi connectivity index (χ1n) is 8.85. The van der Waals surface area contributed by atoms with Gasteiger partial charge in [-0.05, 0) is 30.3 Å². The molecule has 0 unspecified atom stereocenters. The lowest BCUT2D eigenvalue weighted by molar-refractivity contribution is 0.0956. The molecule has 1 aromatic heterocycles. The van der Waals surface area contributed by atoms with Crippen molar-refractivity contribution in [3.05, 3.63) is 100 Å². The van der Waals surface area contributed by atoms with Crippen LogP contribution < -0.4 is 5.43 Å². The summed E-state index contributed by atoms with van der Waals surface area (Å²) >= 11 is 3.29. The minimum Gasteiger partial charge on any atom is -0.267 e. The van der Waals surface area contributed by atoms with Crippen LogP contribution in [0.3, 0.4) is 0 Å². The number of amides is 1. The normalized spacial score (nSPS) is 11.1. The summed E-state index contributed by atoms with van der Waals surface area (Å²) in [5.74, 6) is -0.820. The minimum absolute atomic E-state index is 0.268. The van der Waals surface area contributed by atoms with Gasteiger partial charge in [0, 0.05) is 21.0 Å². The summed E-state index contributed by atoms with van der Waals surface area (Å²) in [5.41, 5.74) is 5.51. The van der Waals surface area contributed by atoms with Crippen molar-refractivity contribution >= 4 is 39.0 Å². The highest BCUT2D eigenvalue weighted by Gasteiger charge is 2.13. The number of fused-ring (bicyclic) bond motifs is 1. The fourth-order valence-electron chi connectivity index (χ4n) is 2.95. The molecular formula is C23H15BrFN3O. The zero-order chi connectivity index (χ0) is 20.2. The van der Waals surface area contributed by atoms with E-state index < -0.39 is 11.7 Å². The lowest BCUT2D eigenvalue weighted by atomic mass is 10.0. The molecule has 1 amide bonds. The van der Waals surface area contributed by atoms with Gasteiger partial charge in [0.15, 0.2) is 0 Å². The van der Waals surface area contributed by atoms with E-state index in [4.69, 9.17) is 0 Å². The van der Waals surface area contributed by atoms with Crippen molar-refractivity contribution < 1.29 is 9.18 Å². The smallest absolute Gasteiger partial charge is 0.267 e. The van der Waals surface area contributed by atoms with Crippen LogP contribution in [0.25, 0.3) is 22.2 Å². The van der Waals surface area contributed by atoms with E-state index in [0.717, 1.165) is 10.0 Å². The van der Waals surface area contributed by atoms with Crippen molar-refractivity contribution in [2.45, 2.75) is 0 Å². The summed E-state index contributed by atoms with van der Waals surface area (Å²) in [6.45, 7) is 0. The van der Waals surface area contributed by atoms with Gasteiger partial charge in [0.2, 0.25) is 0 Å². The fraction of sp³-hybridized carbons (Fsp3) is 0. The molecule has 3 aromatic carbocycles. The Hall–Kier alpha value is -3.38. The molecule has 1 heterocycles. The van der Waals surface area contributed by atoms with E-state index in [0.29, 0.717) is 22.2 Å². The van der Waals surface area contributed by atoms with Crippen molar-refractivity contribution in [3.63, 3.8) is 0 Å². The molecule has 6 heteroatoms. The van der Waals surface area contributed by atoms with Crippen LogP contribution >= 0.6 is 15.9 Å². The highest BCUT2D eigenvalue weighted by Crippen LogP contribution is 2.24. The Bertz CT molecular complexity index is 1230. The summed E-state index contributed by atoms with van der Waals surface area (Å²) in [6, 6.07) is 23.3. The molecule has 0 spiro atoms. The molecule has 0 aliphatic rings. The SMILES string of the molecule is O=C(N/N=C\c1cc(Br)ccc1F)c1cc(-c2ccccc2)nc2ccccc12. The van der Waals surface area contributed by atoms with Crippen molar-refractivity contribution in [2.75, 3.05) is 0 Å². The molecule has 4 nitrogen and oxygen atoms in total. The monoisotopic (exact) mass is 447 g/mol. The summed E-state index contributed by atoms with van der Waals surface area (Å²) in [6.07, 6.45) is 1.28. The number of carbonyl (C=O) groups is 1. The quantitative estimate of drug-likeness (QED) is 0.328. The van der Waals surface area contributed by atoms with Crippen molar-refractivity contribution in [3.8, 4) is 11.3 Å². The van der Waals surface area contributed by atoms with Crippen LogP contribution in [0.15, 0.2) is 88.4 Å². The summed E-state index contributed by atoms with van der Waals surface area (Å²) < 4.78 is 14.6. The van der Waals surface area contributed by atoms with Gasteiger partial charge in [0.05, 0.1) is 23.0 Å². The molecule has 0 aliphatic heterocycles. The molecule has 0 bridgehead atoms. The zero-order valence-corrected chi connectivity index (χ0v) is 16.7. The van der Waals surface area contributed by atoms with E-state index in [1.165, 1.54) is 12.3 Å². The summed E-state index contributed by atoms with van der Waals surface area (Å²) in [7, 11) is 0. The van der Waals surface area contributed by atoms with Gasteiger partial charge >= 0.3 is 0 Å². The first-order chi connectivity index (χ1) is 14.1. The van der Waals surface area contributed by atoms with E-state index in [9.17, 15) is 9.18 Å². The molecule has 0 atom stereocenters. The minimum atomic E-state index is -0.424. The second-order valence-electron chi connectivity index (χ2n) is 6.30. The number of aromatic nitrogens is 1. The predicted octanol–water partition coefficient (Wildman–Crippen LogP) is 5.57. The molecular weight excluding hydrogens is 433 g/mol. The maximum atomic E-state index is 13.8. The highest BCUT2D eigenvalue weighted by molar-refractivity contribution is 9.10. The number of hydrogen-bond donors (Lipinski definition) is 1. The van der Waals surface area contributed by atoms with Gasteiger partial charge in [0.1, 0.15) is 5.82 Å². The molecule has 142 valence electrons. The van der Waals surface area contributed by atoms with Gasteiger partial charge in [0.25, 0.3) is 5.91 Å². The van der Waals surface area contributed by atoms with Crippen LogP contribution in [0.5, 0.6) is 0 Å². The number of hydrazone groups is 1. The van der Waals surface area contributed by atoms with Gasteiger partial charge in [-0.15, -0.1) is 0 Å².